The highest BCUT2D eigenvalue weighted by molar-refractivity contribution is 5.82. The lowest BCUT2D eigenvalue weighted by Gasteiger charge is -2.30. The largest absolute Gasteiger partial charge is 0.378 e. The summed E-state index contributed by atoms with van der Waals surface area (Å²) in [5.41, 5.74) is 2.13. The molecule has 0 saturated carbocycles. The molecule has 2 N–H and O–H groups in total. The van der Waals surface area contributed by atoms with Crippen LogP contribution >= 0.6 is 0 Å². The molecular formula is C15H23N3O2. The minimum absolute atomic E-state index is 0.0109. The van der Waals surface area contributed by atoms with E-state index in [0.717, 1.165) is 37.7 Å². The van der Waals surface area contributed by atoms with Crippen LogP contribution in [0.25, 0.3) is 0 Å². The van der Waals surface area contributed by atoms with E-state index < -0.39 is 0 Å². The molecule has 1 aromatic carbocycles. The Balaban J connectivity index is 1.98. The molecule has 0 unspecified atom stereocenters. The normalized spacial score (nSPS) is 15.2. The van der Waals surface area contributed by atoms with E-state index >= 15 is 0 Å². The SMILES string of the molecule is CC(C)NC(=O)CNc1ccccc1N1CCOCC1. The molecule has 1 aliphatic heterocycles. The van der Waals surface area contributed by atoms with Gasteiger partial charge < -0.3 is 20.3 Å². The van der Waals surface area contributed by atoms with Crippen molar-refractivity contribution in [1.29, 1.82) is 0 Å². The zero-order chi connectivity index (χ0) is 14.4. The van der Waals surface area contributed by atoms with Crippen molar-refractivity contribution in [1.82, 2.24) is 5.32 Å². The summed E-state index contributed by atoms with van der Waals surface area (Å²) in [5, 5.41) is 6.10. The second-order valence-electron chi connectivity index (χ2n) is 5.19. The number of anilines is 2. The van der Waals surface area contributed by atoms with Gasteiger partial charge >= 0.3 is 0 Å². The average molecular weight is 277 g/mol. The van der Waals surface area contributed by atoms with Crippen LogP contribution in [0.15, 0.2) is 24.3 Å². The first kappa shape index (κ1) is 14.7. The molecule has 2 rings (SSSR count). The monoisotopic (exact) mass is 277 g/mol. The minimum atomic E-state index is 0.0109. The fourth-order valence-electron chi connectivity index (χ4n) is 2.25. The van der Waals surface area contributed by atoms with Crippen LogP contribution in [0.5, 0.6) is 0 Å². The minimum Gasteiger partial charge on any atom is -0.378 e. The summed E-state index contributed by atoms with van der Waals surface area (Å²) in [4.78, 5) is 14.0. The molecule has 0 atom stereocenters. The first-order valence-corrected chi connectivity index (χ1v) is 7.12. The van der Waals surface area contributed by atoms with Gasteiger partial charge in [-0.2, -0.15) is 0 Å². The first-order chi connectivity index (χ1) is 9.66. The highest BCUT2D eigenvalue weighted by Gasteiger charge is 2.14. The Hall–Kier alpha value is -1.75. The zero-order valence-corrected chi connectivity index (χ0v) is 12.2. The molecule has 20 heavy (non-hydrogen) atoms. The number of hydrogen-bond donors (Lipinski definition) is 2. The van der Waals surface area contributed by atoms with E-state index in [0.29, 0.717) is 6.54 Å². The Morgan fingerprint density at radius 1 is 1.30 bits per heavy atom. The van der Waals surface area contributed by atoms with Gasteiger partial charge in [0.15, 0.2) is 0 Å². The molecule has 1 heterocycles. The van der Waals surface area contributed by atoms with Crippen molar-refractivity contribution < 1.29 is 9.53 Å². The van der Waals surface area contributed by atoms with E-state index in [1.165, 1.54) is 0 Å². The van der Waals surface area contributed by atoms with Crippen molar-refractivity contribution >= 4 is 17.3 Å². The smallest absolute Gasteiger partial charge is 0.239 e. The van der Waals surface area contributed by atoms with Crippen LogP contribution in [-0.4, -0.2) is 44.8 Å². The summed E-state index contributed by atoms with van der Waals surface area (Å²) in [7, 11) is 0. The van der Waals surface area contributed by atoms with Gasteiger partial charge in [0.2, 0.25) is 5.91 Å². The second kappa shape index (κ2) is 7.14. The number of morpholine rings is 1. The van der Waals surface area contributed by atoms with Gasteiger partial charge in [-0.1, -0.05) is 12.1 Å². The third kappa shape index (κ3) is 4.13. The van der Waals surface area contributed by atoms with Crippen LogP contribution in [0.4, 0.5) is 11.4 Å². The zero-order valence-electron chi connectivity index (χ0n) is 12.2. The number of hydrogen-bond acceptors (Lipinski definition) is 4. The average Bonchev–Trinajstić information content (AvgIpc) is 2.46. The van der Waals surface area contributed by atoms with Crippen LogP contribution in [0.3, 0.4) is 0 Å². The van der Waals surface area contributed by atoms with Gasteiger partial charge in [-0.05, 0) is 26.0 Å². The molecule has 0 radical (unpaired) electrons. The van der Waals surface area contributed by atoms with Gasteiger partial charge in [0.05, 0.1) is 31.1 Å². The van der Waals surface area contributed by atoms with Crippen molar-refractivity contribution in [2.75, 3.05) is 43.1 Å². The molecule has 5 heteroatoms. The molecular weight excluding hydrogens is 254 g/mol. The quantitative estimate of drug-likeness (QED) is 0.855. The summed E-state index contributed by atoms with van der Waals surface area (Å²) in [6, 6.07) is 8.25. The number of nitrogens with zero attached hydrogens (tertiary/aromatic N) is 1. The Morgan fingerprint density at radius 3 is 2.70 bits per heavy atom. The van der Waals surface area contributed by atoms with E-state index in [-0.39, 0.29) is 11.9 Å². The lowest BCUT2D eigenvalue weighted by Crippen LogP contribution is -2.37. The molecule has 0 bridgehead atoms. The number of para-hydroxylation sites is 2. The molecule has 110 valence electrons. The standard InChI is InChI=1S/C15H23N3O2/c1-12(2)17-15(19)11-16-13-5-3-4-6-14(13)18-7-9-20-10-8-18/h3-6,12,16H,7-11H2,1-2H3,(H,17,19). The number of carbonyl (C=O) groups excluding carboxylic acids is 1. The summed E-state index contributed by atoms with van der Waals surface area (Å²) >= 11 is 0. The van der Waals surface area contributed by atoms with E-state index in [4.69, 9.17) is 4.74 Å². The molecule has 1 amide bonds. The summed E-state index contributed by atoms with van der Waals surface area (Å²) < 4.78 is 5.38. The van der Waals surface area contributed by atoms with Gasteiger partial charge in [0.1, 0.15) is 0 Å². The Morgan fingerprint density at radius 2 is 2.00 bits per heavy atom. The van der Waals surface area contributed by atoms with Gasteiger partial charge in [-0.3, -0.25) is 4.79 Å². The van der Waals surface area contributed by atoms with E-state index in [9.17, 15) is 4.79 Å². The number of nitrogens with one attached hydrogen (secondary N) is 2. The van der Waals surface area contributed by atoms with Crippen molar-refractivity contribution in [3.63, 3.8) is 0 Å². The summed E-state index contributed by atoms with van der Waals surface area (Å²) in [6.07, 6.45) is 0. The number of carbonyl (C=O) groups is 1. The molecule has 1 fully saturated rings. The molecule has 5 nitrogen and oxygen atoms in total. The lowest BCUT2D eigenvalue weighted by molar-refractivity contribution is -0.119. The highest BCUT2D eigenvalue weighted by Crippen LogP contribution is 2.25. The maximum atomic E-state index is 11.7. The van der Waals surface area contributed by atoms with Crippen LogP contribution < -0.4 is 15.5 Å². The first-order valence-electron chi connectivity index (χ1n) is 7.12. The van der Waals surface area contributed by atoms with Crippen LogP contribution in [0, 0.1) is 0 Å². The van der Waals surface area contributed by atoms with Crippen molar-refractivity contribution in [2.24, 2.45) is 0 Å². The molecule has 1 aromatic rings. The van der Waals surface area contributed by atoms with Gasteiger partial charge in [-0.25, -0.2) is 0 Å². The summed E-state index contributed by atoms with van der Waals surface area (Å²) in [5.74, 6) is 0.0109. The molecule has 0 spiro atoms. The van der Waals surface area contributed by atoms with E-state index in [1.807, 2.05) is 32.0 Å². The lowest BCUT2D eigenvalue weighted by atomic mass is 10.2. The van der Waals surface area contributed by atoms with E-state index in [2.05, 4.69) is 21.6 Å². The number of rotatable bonds is 5. The van der Waals surface area contributed by atoms with Crippen LogP contribution in [0.2, 0.25) is 0 Å². The Labute approximate surface area is 120 Å². The van der Waals surface area contributed by atoms with Crippen molar-refractivity contribution in [3.8, 4) is 0 Å². The molecule has 1 saturated heterocycles. The Kier molecular flexibility index (Phi) is 5.24. The fourth-order valence-corrected chi connectivity index (χ4v) is 2.25. The predicted octanol–water partition coefficient (Wildman–Crippen LogP) is 1.46. The second-order valence-corrected chi connectivity index (χ2v) is 5.19. The highest BCUT2D eigenvalue weighted by atomic mass is 16.5. The van der Waals surface area contributed by atoms with Crippen molar-refractivity contribution in [3.05, 3.63) is 24.3 Å². The summed E-state index contributed by atoms with van der Waals surface area (Å²) in [6.45, 7) is 7.48. The third-order valence-electron chi connectivity index (χ3n) is 3.14. The van der Waals surface area contributed by atoms with Crippen LogP contribution in [0.1, 0.15) is 13.8 Å². The molecule has 0 aliphatic carbocycles. The molecule has 0 aromatic heterocycles. The van der Waals surface area contributed by atoms with Gasteiger partial charge in [0, 0.05) is 19.1 Å². The molecule has 1 aliphatic rings. The van der Waals surface area contributed by atoms with Crippen molar-refractivity contribution in [2.45, 2.75) is 19.9 Å². The Bertz CT molecular complexity index is 442. The van der Waals surface area contributed by atoms with Gasteiger partial charge in [0.25, 0.3) is 0 Å². The maximum Gasteiger partial charge on any atom is 0.239 e. The number of amides is 1. The maximum absolute atomic E-state index is 11.7. The van der Waals surface area contributed by atoms with Gasteiger partial charge in [-0.15, -0.1) is 0 Å². The van der Waals surface area contributed by atoms with E-state index in [1.54, 1.807) is 0 Å². The number of ether oxygens (including phenoxy) is 1. The van der Waals surface area contributed by atoms with Crippen LogP contribution in [-0.2, 0) is 9.53 Å². The topological polar surface area (TPSA) is 53.6 Å². The fraction of sp³-hybridized carbons (Fsp3) is 0.533. The predicted molar refractivity (Wildman–Crippen MR) is 81.2 cm³/mol. The number of benzene rings is 1. The third-order valence-corrected chi connectivity index (χ3v) is 3.14.